The van der Waals surface area contributed by atoms with Crippen LogP contribution in [0.3, 0.4) is 0 Å². The number of methoxy groups -OCH3 is 1. The minimum atomic E-state index is -1.13. The van der Waals surface area contributed by atoms with Crippen molar-refractivity contribution in [2.45, 2.75) is 57.5 Å². The minimum Gasteiger partial charge on any atom is -0.458 e. The fourth-order valence-corrected chi connectivity index (χ4v) is 3.64. The Bertz CT molecular complexity index is 667. The number of esters is 2. The zero-order valence-electron chi connectivity index (χ0n) is 16.4. The van der Waals surface area contributed by atoms with Gasteiger partial charge in [-0.15, -0.1) is 0 Å². The van der Waals surface area contributed by atoms with Gasteiger partial charge in [0.05, 0.1) is 24.7 Å². The normalized spacial score (nSPS) is 34.6. The van der Waals surface area contributed by atoms with Crippen LogP contribution in [0, 0.1) is 11.8 Å². The number of ketones is 1. The van der Waals surface area contributed by atoms with Gasteiger partial charge in [0, 0.05) is 37.0 Å². The molecule has 0 aromatic heterocycles. The highest BCUT2D eigenvalue weighted by atomic mass is 16.6. The summed E-state index contributed by atoms with van der Waals surface area (Å²) in [6, 6.07) is 0. The van der Waals surface area contributed by atoms with Crippen LogP contribution in [0.4, 0.5) is 0 Å². The van der Waals surface area contributed by atoms with Gasteiger partial charge < -0.3 is 24.4 Å². The van der Waals surface area contributed by atoms with E-state index in [9.17, 15) is 24.6 Å². The van der Waals surface area contributed by atoms with Crippen LogP contribution in [-0.4, -0.2) is 66.1 Å². The van der Waals surface area contributed by atoms with Gasteiger partial charge in [0.15, 0.2) is 0 Å². The number of ether oxygens (including phenoxy) is 3. The van der Waals surface area contributed by atoms with Crippen LogP contribution in [0.2, 0.25) is 0 Å². The van der Waals surface area contributed by atoms with Crippen molar-refractivity contribution in [2.75, 3.05) is 13.7 Å². The Morgan fingerprint density at radius 1 is 1.32 bits per heavy atom. The van der Waals surface area contributed by atoms with E-state index in [1.807, 2.05) is 0 Å². The largest absolute Gasteiger partial charge is 0.458 e. The molecule has 1 aliphatic heterocycles. The SMILES string of the molecule is C=C1C(=O)O[C@@H]2CC(CO)C(=O)C[C@H](OC)[C@H](O)C[C@@H](OC(=O)/C(C)=C\C)[C@H]12. The van der Waals surface area contributed by atoms with E-state index in [0.717, 1.165) is 0 Å². The quantitative estimate of drug-likeness (QED) is 0.526. The number of aliphatic hydroxyl groups excluding tert-OH is 2. The highest BCUT2D eigenvalue weighted by Crippen LogP contribution is 2.38. The van der Waals surface area contributed by atoms with Crippen molar-refractivity contribution in [1.82, 2.24) is 0 Å². The zero-order chi connectivity index (χ0) is 21.0. The summed E-state index contributed by atoms with van der Waals surface area (Å²) in [7, 11) is 1.37. The van der Waals surface area contributed by atoms with E-state index < -0.39 is 54.8 Å². The second-order valence-electron chi connectivity index (χ2n) is 7.27. The first kappa shape index (κ1) is 22.3. The molecule has 28 heavy (non-hydrogen) atoms. The van der Waals surface area contributed by atoms with Crippen LogP contribution in [0.5, 0.6) is 0 Å². The molecule has 1 heterocycles. The molecule has 0 aromatic rings. The fraction of sp³-hybridized carbons (Fsp3) is 0.650. The van der Waals surface area contributed by atoms with Gasteiger partial charge in [-0.05, 0) is 20.3 Å². The Kier molecular flexibility index (Phi) is 7.51. The molecule has 0 bridgehead atoms. The fourth-order valence-electron chi connectivity index (χ4n) is 3.64. The second-order valence-corrected chi connectivity index (χ2v) is 7.27. The number of hydrogen-bond donors (Lipinski definition) is 2. The number of allylic oxidation sites excluding steroid dienone is 1. The van der Waals surface area contributed by atoms with Crippen molar-refractivity contribution in [2.24, 2.45) is 11.8 Å². The molecular weight excluding hydrogens is 368 g/mol. The van der Waals surface area contributed by atoms with Crippen molar-refractivity contribution in [3.05, 3.63) is 23.8 Å². The topological polar surface area (TPSA) is 119 Å². The molecule has 1 saturated heterocycles. The molecule has 0 aromatic carbocycles. The summed E-state index contributed by atoms with van der Waals surface area (Å²) >= 11 is 0. The Labute approximate surface area is 164 Å². The van der Waals surface area contributed by atoms with Gasteiger partial charge in [-0.2, -0.15) is 0 Å². The number of fused-ring (bicyclic) bond motifs is 1. The number of rotatable bonds is 4. The van der Waals surface area contributed by atoms with Crippen LogP contribution < -0.4 is 0 Å². The van der Waals surface area contributed by atoms with E-state index in [-0.39, 0.29) is 30.6 Å². The van der Waals surface area contributed by atoms with E-state index >= 15 is 0 Å². The van der Waals surface area contributed by atoms with E-state index in [0.29, 0.717) is 5.57 Å². The van der Waals surface area contributed by atoms with Crippen LogP contribution in [0.15, 0.2) is 23.8 Å². The second kappa shape index (κ2) is 9.45. The summed E-state index contributed by atoms with van der Waals surface area (Å²) in [5, 5.41) is 20.3. The van der Waals surface area contributed by atoms with Crippen molar-refractivity contribution in [1.29, 1.82) is 0 Å². The predicted molar refractivity (Wildman–Crippen MR) is 98.1 cm³/mol. The maximum atomic E-state index is 12.5. The molecule has 1 saturated carbocycles. The van der Waals surface area contributed by atoms with Crippen molar-refractivity contribution in [3.8, 4) is 0 Å². The lowest BCUT2D eigenvalue weighted by Gasteiger charge is -2.33. The summed E-state index contributed by atoms with van der Waals surface area (Å²) in [5.41, 5.74) is 0.498. The first-order valence-corrected chi connectivity index (χ1v) is 9.31. The molecule has 2 fully saturated rings. The Morgan fingerprint density at radius 2 is 2.00 bits per heavy atom. The maximum Gasteiger partial charge on any atom is 0.334 e. The summed E-state index contributed by atoms with van der Waals surface area (Å²) in [6.45, 7) is 6.62. The highest BCUT2D eigenvalue weighted by Gasteiger charge is 2.48. The number of carbonyl (C=O) groups excluding carboxylic acids is 3. The lowest BCUT2D eigenvalue weighted by molar-refractivity contribution is -0.155. The summed E-state index contributed by atoms with van der Waals surface area (Å²) < 4.78 is 16.2. The Balaban J connectivity index is 2.42. The van der Waals surface area contributed by atoms with Gasteiger partial charge >= 0.3 is 11.9 Å². The Hall–Kier alpha value is -2.03. The van der Waals surface area contributed by atoms with Crippen molar-refractivity contribution < 1.29 is 38.8 Å². The maximum absolute atomic E-state index is 12.5. The number of Topliss-reactive ketones (excluding diaryl/α,β-unsaturated/α-hetero) is 1. The summed E-state index contributed by atoms with van der Waals surface area (Å²) in [5.74, 6) is -3.02. The number of carbonyl (C=O) groups is 3. The number of hydrogen-bond acceptors (Lipinski definition) is 8. The lowest BCUT2D eigenvalue weighted by atomic mass is 9.80. The zero-order valence-corrected chi connectivity index (χ0v) is 16.4. The van der Waals surface area contributed by atoms with E-state index in [4.69, 9.17) is 14.2 Å². The third-order valence-corrected chi connectivity index (χ3v) is 5.54. The van der Waals surface area contributed by atoms with Crippen LogP contribution in [-0.2, 0) is 28.6 Å². The highest BCUT2D eigenvalue weighted by molar-refractivity contribution is 5.92. The minimum absolute atomic E-state index is 0.0465. The van der Waals surface area contributed by atoms with Crippen LogP contribution in [0.1, 0.15) is 33.1 Å². The van der Waals surface area contributed by atoms with Gasteiger partial charge in [-0.25, -0.2) is 9.59 Å². The molecule has 1 unspecified atom stereocenters. The lowest BCUT2D eigenvalue weighted by Crippen LogP contribution is -2.44. The van der Waals surface area contributed by atoms with E-state index in [2.05, 4.69) is 6.58 Å². The average molecular weight is 396 g/mol. The standard InChI is InChI=1S/C20H28O8/c1-5-10(2)19(24)27-17-8-14(23)15(26-4)7-13(22)12(9-21)6-16-18(17)11(3)20(25)28-16/h5,12,14-18,21,23H,3,6-9H2,1-2,4H3/b10-5-/t12?,14-,15+,16-,17-,18-/m1/s1. The Morgan fingerprint density at radius 3 is 2.57 bits per heavy atom. The molecule has 0 amide bonds. The molecule has 2 aliphatic rings. The van der Waals surface area contributed by atoms with E-state index in [1.165, 1.54) is 7.11 Å². The number of aliphatic hydroxyl groups is 2. The van der Waals surface area contributed by atoms with Crippen molar-refractivity contribution >= 4 is 17.7 Å². The van der Waals surface area contributed by atoms with Gasteiger partial charge in [0.1, 0.15) is 18.0 Å². The average Bonchev–Trinajstić information content (AvgIpc) is 2.95. The van der Waals surface area contributed by atoms with Gasteiger partial charge in [0.25, 0.3) is 0 Å². The molecule has 8 heteroatoms. The van der Waals surface area contributed by atoms with Gasteiger partial charge in [0.2, 0.25) is 0 Å². The molecule has 6 atom stereocenters. The molecule has 2 rings (SSSR count). The van der Waals surface area contributed by atoms with Gasteiger partial charge in [-0.3, -0.25) is 4.79 Å². The molecule has 1 aliphatic carbocycles. The summed E-state index contributed by atoms with van der Waals surface area (Å²) in [6.07, 6.45) is -2.11. The first-order valence-electron chi connectivity index (χ1n) is 9.31. The molecule has 156 valence electrons. The third kappa shape index (κ3) is 4.68. The molecule has 2 N–H and O–H groups in total. The van der Waals surface area contributed by atoms with Crippen LogP contribution in [0.25, 0.3) is 0 Å². The van der Waals surface area contributed by atoms with E-state index in [1.54, 1.807) is 19.9 Å². The first-order chi connectivity index (χ1) is 13.2. The predicted octanol–water partition coefficient (Wildman–Crippen LogP) is 0.700. The monoisotopic (exact) mass is 396 g/mol. The molecule has 0 spiro atoms. The van der Waals surface area contributed by atoms with Crippen molar-refractivity contribution in [3.63, 3.8) is 0 Å². The molecule has 0 radical (unpaired) electrons. The smallest absolute Gasteiger partial charge is 0.334 e. The van der Waals surface area contributed by atoms with Gasteiger partial charge in [-0.1, -0.05) is 12.7 Å². The third-order valence-electron chi connectivity index (χ3n) is 5.54. The molecule has 8 nitrogen and oxygen atoms in total. The molecular formula is C20H28O8. The van der Waals surface area contributed by atoms with Crippen LogP contribution >= 0.6 is 0 Å². The summed E-state index contributed by atoms with van der Waals surface area (Å²) in [4.78, 5) is 37.0.